The predicted octanol–water partition coefficient (Wildman–Crippen LogP) is 13.7. The van der Waals surface area contributed by atoms with Gasteiger partial charge in [-0.15, -0.1) is 0 Å². The van der Waals surface area contributed by atoms with E-state index in [2.05, 4.69) is 192 Å². The van der Waals surface area contributed by atoms with Gasteiger partial charge >= 0.3 is 0 Å². The summed E-state index contributed by atoms with van der Waals surface area (Å²) in [5, 5.41) is 10.2. The van der Waals surface area contributed by atoms with Crippen LogP contribution in [0.5, 0.6) is 0 Å². The van der Waals surface area contributed by atoms with Crippen LogP contribution in [-0.2, 0) is 0 Å². The number of anilines is 3. The van der Waals surface area contributed by atoms with Crippen molar-refractivity contribution >= 4 is 71.2 Å². The summed E-state index contributed by atoms with van der Waals surface area (Å²) in [4.78, 5) is 2.46. The van der Waals surface area contributed by atoms with Crippen LogP contribution in [0.3, 0.4) is 0 Å². The minimum absolute atomic E-state index is 1.13. The number of hydrogen-bond acceptors (Lipinski definition) is 1. The maximum absolute atomic E-state index is 2.52. The van der Waals surface area contributed by atoms with Gasteiger partial charge in [-0.05, 0) is 104 Å². The molecule has 0 bridgehead atoms. The van der Waals surface area contributed by atoms with Gasteiger partial charge < -0.3 is 9.47 Å². The minimum Gasteiger partial charge on any atom is -0.310 e. The molecular weight excluding hydrogens is 617 g/mol. The summed E-state index contributed by atoms with van der Waals surface area (Å²) < 4.78 is 2.52. The van der Waals surface area contributed by atoms with Crippen molar-refractivity contribution in [2.75, 3.05) is 4.90 Å². The molecule has 1 heterocycles. The van der Waals surface area contributed by atoms with Crippen LogP contribution in [0.25, 0.3) is 82.1 Å². The number of benzene rings is 9. The molecule has 11 rings (SSSR count). The van der Waals surface area contributed by atoms with Gasteiger partial charge in [0.2, 0.25) is 0 Å². The Balaban J connectivity index is 1.26. The van der Waals surface area contributed by atoms with Crippen LogP contribution < -0.4 is 4.90 Å². The number of hydrogen-bond donors (Lipinski definition) is 0. The first-order valence-corrected chi connectivity index (χ1v) is 17.7. The Hall–Kier alpha value is -6.64. The van der Waals surface area contributed by atoms with E-state index in [1.165, 1.54) is 93.3 Å². The number of nitrogens with zero attached hydrogens (tertiary/aromatic N) is 2. The Morgan fingerprint density at radius 3 is 1.90 bits per heavy atom. The van der Waals surface area contributed by atoms with Gasteiger partial charge in [0.1, 0.15) is 0 Å². The lowest BCUT2D eigenvalue weighted by Crippen LogP contribution is -2.12. The zero-order chi connectivity index (χ0) is 33.6. The van der Waals surface area contributed by atoms with Crippen LogP contribution in [0.1, 0.15) is 5.56 Å². The van der Waals surface area contributed by atoms with Gasteiger partial charge in [0.25, 0.3) is 0 Å². The van der Waals surface area contributed by atoms with Gasteiger partial charge in [-0.2, -0.15) is 0 Å². The van der Waals surface area contributed by atoms with E-state index in [1.807, 2.05) is 0 Å². The zero-order valence-electron chi connectivity index (χ0n) is 28.1. The Morgan fingerprint density at radius 2 is 1.08 bits per heavy atom. The van der Waals surface area contributed by atoms with E-state index in [0.29, 0.717) is 0 Å². The summed E-state index contributed by atoms with van der Waals surface area (Å²) in [6.45, 7) is 2.32. The Kier molecular flexibility index (Phi) is 5.91. The quantitative estimate of drug-likeness (QED) is 0.184. The van der Waals surface area contributed by atoms with Crippen molar-refractivity contribution < 1.29 is 0 Å². The molecule has 0 radical (unpaired) electrons. The molecule has 1 aromatic heterocycles. The second kappa shape index (κ2) is 10.7. The van der Waals surface area contributed by atoms with Crippen molar-refractivity contribution in [2.24, 2.45) is 0 Å². The molecule has 0 saturated heterocycles. The van der Waals surface area contributed by atoms with Crippen molar-refractivity contribution in [1.29, 1.82) is 0 Å². The summed E-state index contributed by atoms with van der Waals surface area (Å²) in [5.41, 5.74) is 13.6. The van der Waals surface area contributed by atoms with Crippen LogP contribution in [0, 0.1) is 6.92 Å². The maximum Gasteiger partial charge on any atom is 0.0597 e. The third-order valence-corrected chi connectivity index (χ3v) is 11.0. The molecule has 0 unspecified atom stereocenters. The first kappa shape index (κ1) is 28.2. The SMILES string of the molecule is Cc1c(N(c2ccccc2)c2ccc3ccccc3c2)c2ccccc2c2c3ccccc3n(-c3ccc4c(c3)-c3cccc5cccc-4c35)c12. The van der Waals surface area contributed by atoms with Crippen LogP contribution in [0.15, 0.2) is 176 Å². The molecule has 1 aliphatic carbocycles. The second-order valence-corrected chi connectivity index (χ2v) is 13.7. The van der Waals surface area contributed by atoms with E-state index in [9.17, 15) is 0 Å². The Bertz CT molecular complexity index is 3030. The van der Waals surface area contributed by atoms with Crippen molar-refractivity contribution in [3.8, 4) is 27.9 Å². The number of rotatable bonds is 4. The van der Waals surface area contributed by atoms with Crippen molar-refractivity contribution in [2.45, 2.75) is 6.92 Å². The average molecular weight is 649 g/mol. The van der Waals surface area contributed by atoms with Gasteiger partial charge in [-0.3, -0.25) is 0 Å². The van der Waals surface area contributed by atoms with E-state index < -0.39 is 0 Å². The highest BCUT2D eigenvalue weighted by Crippen LogP contribution is 2.51. The summed E-state index contributed by atoms with van der Waals surface area (Å²) in [6.07, 6.45) is 0. The van der Waals surface area contributed by atoms with E-state index in [1.54, 1.807) is 0 Å². The van der Waals surface area contributed by atoms with Crippen LogP contribution >= 0.6 is 0 Å². The molecule has 0 amide bonds. The van der Waals surface area contributed by atoms with Gasteiger partial charge in [0.05, 0.1) is 16.7 Å². The fraction of sp³-hybridized carbons (Fsp3) is 0.0204. The minimum atomic E-state index is 1.13. The third-order valence-electron chi connectivity index (χ3n) is 11.0. The van der Waals surface area contributed by atoms with Crippen molar-refractivity contribution in [1.82, 2.24) is 4.57 Å². The highest BCUT2D eigenvalue weighted by atomic mass is 15.1. The highest BCUT2D eigenvalue weighted by molar-refractivity contribution is 6.26. The molecule has 0 saturated carbocycles. The fourth-order valence-electron chi connectivity index (χ4n) is 8.86. The number of para-hydroxylation sites is 2. The lowest BCUT2D eigenvalue weighted by molar-refractivity contribution is 1.16. The molecule has 2 nitrogen and oxygen atoms in total. The van der Waals surface area contributed by atoms with E-state index in [0.717, 1.165) is 11.4 Å². The third kappa shape index (κ3) is 3.99. The second-order valence-electron chi connectivity index (χ2n) is 13.7. The molecule has 9 aromatic carbocycles. The maximum atomic E-state index is 2.52. The van der Waals surface area contributed by atoms with Crippen LogP contribution in [-0.4, -0.2) is 4.57 Å². The molecule has 238 valence electrons. The lowest BCUT2D eigenvalue weighted by Gasteiger charge is -2.29. The molecule has 0 fully saturated rings. The predicted molar refractivity (Wildman–Crippen MR) is 217 cm³/mol. The summed E-state index contributed by atoms with van der Waals surface area (Å²) >= 11 is 0. The lowest BCUT2D eigenvalue weighted by atomic mass is 9.96. The molecule has 0 aliphatic heterocycles. The standard InChI is InChI=1S/C49H32N2/c1-31-48(50(35-17-3-2-4-18-35)36-26-25-32-13-5-6-14-34(32)29-36)42-20-8-7-19-40(42)47-43-21-9-10-24-45(43)51(49(31)47)37-27-28-38-39-22-11-15-33-16-12-23-41(46(33)39)44(38)30-37/h2-30H,1H3. The molecular formula is C49H32N2. The van der Waals surface area contributed by atoms with Gasteiger partial charge in [-0.25, -0.2) is 0 Å². The summed E-state index contributed by atoms with van der Waals surface area (Å²) in [6, 6.07) is 64.6. The topological polar surface area (TPSA) is 8.17 Å². The van der Waals surface area contributed by atoms with Gasteiger partial charge in [-0.1, -0.05) is 133 Å². The van der Waals surface area contributed by atoms with Gasteiger partial charge in [0, 0.05) is 33.2 Å². The smallest absolute Gasteiger partial charge is 0.0597 e. The number of aryl methyl sites for hydroxylation is 1. The summed E-state index contributed by atoms with van der Waals surface area (Å²) in [7, 11) is 0. The first-order valence-electron chi connectivity index (χ1n) is 17.7. The van der Waals surface area contributed by atoms with Gasteiger partial charge in [0.15, 0.2) is 0 Å². The summed E-state index contributed by atoms with van der Waals surface area (Å²) in [5.74, 6) is 0. The van der Waals surface area contributed by atoms with Crippen molar-refractivity contribution in [3.63, 3.8) is 0 Å². The molecule has 0 spiro atoms. The molecule has 2 heteroatoms. The van der Waals surface area contributed by atoms with Crippen LogP contribution in [0.2, 0.25) is 0 Å². The molecule has 0 N–H and O–H groups in total. The highest BCUT2D eigenvalue weighted by Gasteiger charge is 2.27. The number of aromatic nitrogens is 1. The monoisotopic (exact) mass is 648 g/mol. The normalized spacial score (nSPS) is 12.0. The molecule has 1 aliphatic rings. The Morgan fingerprint density at radius 1 is 0.412 bits per heavy atom. The van der Waals surface area contributed by atoms with E-state index in [-0.39, 0.29) is 0 Å². The van der Waals surface area contributed by atoms with E-state index >= 15 is 0 Å². The molecule has 10 aromatic rings. The fourth-order valence-corrected chi connectivity index (χ4v) is 8.86. The average Bonchev–Trinajstić information content (AvgIpc) is 3.71. The Labute approximate surface area is 296 Å². The van der Waals surface area contributed by atoms with Crippen LogP contribution in [0.4, 0.5) is 17.1 Å². The number of fused-ring (bicyclic) bond motifs is 9. The molecule has 51 heavy (non-hydrogen) atoms. The largest absolute Gasteiger partial charge is 0.310 e. The molecule has 0 atom stereocenters. The van der Waals surface area contributed by atoms with E-state index in [4.69, 9.17) is 0 Å². The first-order chi connectivity index (χ1) is 25.2. The zero-order valence-corrected chi connectivity index (χ0v) is 28.1. The van der Waals surface area contributed by atoms with Crippen molar-refractivity contribution in [3.05, 3.63) is 181 Å².